The maximum atomic E-state index is 14.0. The van der Waals surface area contributed by atoms with Gasteiger partial charge < -0.3 is 19.1 Å². The molecule has 1 fully saturated rings. The molecule has 0 unspecified atom stereocenters. The third-order valence-corrected chi connectivity index (χ3v) is 5.10. The number of aromatic nitrogens is 1. The molecule has 1 N–H and O–H groups in total. The molecule has 0 radical (unpaired) electrons. The van der Waals surface area contributed by atoms with Crippen LogP contribution in [0.5, 0.6) is 0 Å². The predicted molar refractivity (Wildman–Crippen MR) is 104 cm³/mol. The fourth-order valence-corrected chi connectivity index (χ4v) is 3.46. The highest BCUT2D eigenvalue weighted by atomic mass is 35.5. The van der Waals surface area contributed by atoms with Crippen molar-refractivity contribution in [3.63, 3.8) is 0 Å². The van der Waals surface area contributed by atoms with Crippen LogP contribution in [0.15, 0.2) is 45.4 Å². The number of hydrogen-bond acceptors (Lipinski definition) is 6. The monoisotopic (exact) mass is 414 g/mol. The zero-order valence-electron chi connectivity index (χ0n) is 15.2. The number of nitrogens with zero attached hydrogens (tertiary/aromatic N) is 3. The van der Waals surface area contributed by atoms with Crippen LogP contribution in [0.3, 0.4) is 0 Å². The van der Waals surface area contributed by atoms with Crippen LogP contribution in [0.4, 0.5) is 16.0 Å². The van der Waals surface area contributed by atoms with E-state index in [0.717, 1.165) is 0 Å². The molecule has 2 aromatic heterocycles. The number of nitrogens with one attached hydrogen (secondary N) is 1. The Balaban J connectivity index is 1.43. The lowest BCUT2D eigenvalue weighted by Crippen LogP contribution is -2.38. The van der Waals surface area contributed by atoms with E-state index in [4.69, 9.17) is 20.4 Å². The van der Waals surface area contributed by atoms with Crippen LogP contribution in [0.25, 0.3) is 11.7 Å². The van der Waals surface area contributed by atoms with E-state index in [0.29, 0.717) is 37.6 Å². The normalized spacial score (nSPS) is 14.6. The molecule has 0 bridgehead atoms. The molecule has 4 rings (SSSR count). The summed E-state index contributed by atoms with van der Waals surface area (Å²) in [5.74, 6) is -0.171. The Morgan fingerprint density at radius 3 is 2.79 bits per heavy atom. The molecule has 1 aliphatic rings. The number of amides is 1. The lowest BCUT2D eigenvalue weighted by atomic mass is 9.96. The van der Waals surface area contributed by atoms with E-state index >= 15 is 0 Å². The van der Waals surface area contributed by atoms with E-state index in [-0.39, 0.29) is 34.1 Å². The largest absolute Gasteiger partial charge is 0.459 e. The zero-order valence-corrected chi connectivity index (χ0v) is 15.9. The third kappa shape index (κ3) is 3.82. The molecule has 1 saturated heterocycles. The van der Waals surface area contributed by atoms with Crippen LogP contribution in [-0.2, 0) is 4.79 Å². The molecule has 29 heavy (non-hydrogen) atoms. The van der Waals surface area contributed by atoms with Gasteiger partial charge in [0.2, 0.25) is 17.5 Å². The van der Waals surface area contributed by atoms with Crippen molar-refractivity contribution in [2.24, 2.45) is 5.92 Å². The van der Waals surface area contributed by atoms with Gasteiger partial charge in [0.05, 0.1) is 17.0 Å². The second kappa shape index (κ2) is 7.97. The Morgan fingerprint density at radius 1 is 1.31 bits per heavy atom. The minimum atomic E-state index is -0.647. The smallest absolute Gasteiger partial charge is 0.266 e. The van der Waals surface area contributed by atoms with Gasteiger partial charge in [0.15, 0.2) is 11.6 Å². The lowest BCUT2D eigenvalue weighted by Gasteiger charge is -2.31. The fourth-order valence-electron chi connectivity index (χ4n) is 3.28. The number of rotatable bonds is 4. The Labute approximate surface area is 170 Å². The number of halogens is 2. The number of carbonyl (C=O) groups excluding carboxylic acids is 1. The first-order chi connectivity index (χ1) is 14.1. The average molecular weight is 415 g/mol. The number of piperidine rings is 1. The van der Waals surface area contributed by atoms with Crippen molar-refractivity contribution in [1.29, 1.82) is 5.26 Å². The molecule has 1 amide bonds. The summed E-state index contributed by atoms with van der Waals surface area (Å²) < 4.78 is 25.0. The summed E-state index contributed by atoms with van der Waals surface area (Å²) >= 11 is 5.76. The molecule has 0 saturated carbocycles. The van der Waals surface area contributed by atoms with Crippen LogP contribution in [0.2, 0.25) is 5.02 Å². The van der Waals surface area contributed by atoms with Gasteiger partial charge in [0.1, 0.15) is 6.07 Å². The summed E-state index contributed by atoms with van der Waals surface area (Å²) in [5, 5.41) is 11.9. The predicted octanol–water partition coefficient (Wildman–Crippen LogP) is 4.45. The van der Waals surface area contributed by atoms with Crippen molar-refractivity contribution in [2.75, 3.05) is 23.3 Å². The number of hydrogen-bond donors (Lipinski definition) is 1. The van der Waals surface area contributed by atoms with Crippen LogP contribution >= 0.6 is 11.6 Å². The van der Waals surface area contributed by atoms with Gasteiger partial charge in [-0.25, -0.2) is 4.39 Å². The van der Waals surface area contributed by atoms with Crippen molar-refractivity contribution in [3.05, 3.63) is 53.1 Å². The summed E-state index contributed by atoms with van der Waals surface area (Å²) in [6, 6.07) is 9.91. The Bertz CT molecular complexity index is 1070. The highest BCUT2D eigenvalue weighted by Gasteiger charge is 2.29. The Hall–Kier alpha value is -3.31. The van der Waals surface area contributed by atoms with Gasteiger partial charge in [-0.1, -0.05) is 17.7 Å². The van der Waals surface area contributed by atoms with Crippen molar-refractivity contribution in [3.8, 4) is 17.7 Å². The first kappa shape index (κ1) is 19.0. The second-order valence-electron chi connectivity index (χ2n) is 6.61. The molecule has 3 heterocycles. The number of furan rings is 1. The molecule has 7 nitrogen and oxygen atoms in total. The van der Waals surface area contributed by atoms with E-state index in [9.17, 15) is 14.4 Å². The Kier molecular flexibility index (Phi) is 5.23. The molecule has 3 aromatic rings. The highest BCUT2D eigenvalue weighted by molar-refractivity contribution is 6.31. The maximum absolute atomic E-state index is 14.0. The topological polar surface area (TPSA) is 95.3 Å². The van der Waals surface area contributed by atoms with Crippen LogP contribution in [0, 0.1) is 23.1 Å². The van der Waals surface area contributed by atoms with E-state index in [1.54, 1.807) is 18.2 Å². The second-order valence-corrected chi connectivity index (χ2v) is 7.02. The first-order valence-corrected chi connectivity index (χ1v) is 9.39. The SMILES string of the molecule is N#Cc1nc(-c2ccco2)oc1N1CCC(C(=O)Nc2cccc(Cl)c2F)CC1. The maximum Gasteiger partial charge on any atom is 0.266 e. The van der Waals surface area contributed by atoms with Gasteiger partial charge in [-0.05, 0) is 37.1 Å². The van der Waals surface area contributed by atoms with Gasteiger partial charge in [0.25, 0.3) is 5.89 Å². The van der Waals surface area contributed by atoms with Gasteiger partial charge in [0, 0.05) is 19.0 Å². The van der Waals surface area contributed by atoms with Crippen molar-refractivity contribution in [2.45, 2.75) is 12.8 Å². The molecule has 9 heteroatoms. The minimum absolute atomic E-state index is 0.0423. The van der Waals surface area contributed by atoms with Gasteiger partial charge in [-0.3, -0.25) is 4.79 Å². The van der Waals surface area contributed by atoms with E-state index in [2.05, 4.69) is 10.3 Å². The van der Waals surface area contributed by atoms with Gasteiger partial charge in [-0.2, -0.15) is 10.2 Å². The number of carbonyl (C=O) groups is 1. The molecule has 0 atom stereocenters. The van der Waals surface area contributed by atoms with Gasteiger partial charge >= 0.3 is 0 Å². The first-order valence-electron chi connectivity index (χ1n) is 9.01. The standard InChI is InChI=1S/C20H16ClFN4O3/c21-13-3-1-4-14(17(13)22)24-18(27)12-6-8-26(9-7-12)20-15(11-23)25-19(29-20)16-5-2-10-28-16/h1-5,10,12H,6-9H2,(H,24,27). The van der Waals surface area contributed by atoms with Crippen molar-refractivity contribution in [1.82, 2.24) is 4.98 Å². The molecule has 1 aromatic carbocycles. The van der Waals surface area contributed by atoms with Crippen LogP contribution in [0.1, 0.15) is 18.5 Å². The molecule has 148 valence electrons. The summed E-state index contributed by atoms with van der Waals surface area (Å²) in [6.45, 7) is 0.995. The van der Waals surface area contributed by atoms with Crippen LogP contribution in [-0.4, -0.2) is 24.0 Å². The molecule has 0 aliphatic carbocycles. The van der Waals surface area contributed by atoms with E-state index in [1.807, 2.05) is 11.0 Å². The quantitative estimate of drug-likeness (QED) is 0.677. The number of benzene rings is 1. The molecule has 0 spiro atoms. The number of oxazole rings is 1. The third-order valence-electron chi connectivity index (χ3n) is 4.81. The highest BCUT2D eigenvalue weighted by Crippen LogP contribution is 2.32. The Morgan fingerprint density at radius 2 is 2.10 bits per heavy atom. The summed E-state index contributed by atoms with van der Waals surface area (Å²) in [4.78, 5) is 18.6. The molecule has 1 aliphatic heterocycles. The fraction of sp³-hybridized carbons (Fsp3) is 0.250. The number of anilines is 2. The summed E-state index contributed by atoms with van der Waals surface area (Å²) in [6.07, 6.45) is 2.55. The average Bonchev–Trinajstić information content (AvgIpc) is 3.41. The van der Waals surface area contributed by atoms with Crippen LogP contribution < -0.4 is 10.2 Å². The van der Waals surface area contributed by atoms with Crippen molar-refractivity contribution >= 4 is 29.1 Å². The van der Waals surface area contributed by atoms with E-state index in [1.165, 1.54) is 18.4 Å². The zero-order chi connectivity index (χ0) is 20.4. The van der Waals surface area contributed by atoms with E-state index < -0.39 is 5.82 Å². The van der Waals surface area contributed by atoms with Crippen molar-refractivity contribution < 1.29 is 18.0 Å². The lowest BCUT2D eigenvalue weighted by molar-refractivity contribution is -0.120. The summed E-state index contributed by atoms with van der Waals surface area (Å²) in [7, 11) is 0. The number of nitriles is 1. The molecular formula is C20H16ClFN4O3. The molecular weight excluding hydrogens is 399 g/mol. The summed E-state index contributed by atoms with van der Waals surface area (Å²) in [5.41, 5.74) is 0.232. The minimum Gasteiger partial charge on any atom is -0.459 e. The van der Waals surface area contributed by atoms with Gasteiger partial charge in [-0.15, -0.1) is 0 Å².